The van der Waals surface area contributed by atoms with Crippen LogP contribution >= 0.6 is 0 Å². The molecule has 0 spiro atoms. The van der Waals surface area contributed by atoms with Crippen molar-refractivity contribution < 1.29 is 19.1 Å². The highest BCUT2D eigenvalue weighted by molar-refractivity contribution is 5.97. The van der Waals surface area contributed by atoms with Crippen molar-refractivity contribution in [3.63, 3.8) is 0 Å². The average molecular weight is 249 g/mol. The third kappa shape index (κ3) is 2.80. The van der Waals surface area contributed by atoms with Gasteiger partial charge in [-0.3, -0.25) is 4.79 Å². The Kier molecular flexibility index (Phi) is 3.82. The molecular weight excluding hydrogens is 234 g/mol. The number of carbonyl (C=O) groups is 2. The molecule has 0 bridgehead atoms. The molecule has 1 amide bonds. The first-order valence-electron chi connectivity index (χ1n) is 5.91. The lowest BCUT2D eigenvalue weighted by molar-refractivity contribution is -0.139. The van der Waals surface area contributed by atoms with E-state index in [0.717, 1.165) is 0 Å². The van der Waals surface area contributed by atoms with E-state index in [0.29, 0.717) is 30.9 Å². The Morgan fingerprint density at radius 2 is 2.17 bits per heavy atom. The minimum Gasteiger partial charge on any atom is -0.494 e. The largest absolute Gasteiger partial charge is 0.494 e. The van der Waals surface area contributed by atoms with Crippen LogP contribution in [0.5, 0.6) is 5.75 Å². The third-order valence-electron chi connectivity index (χ3n) is 2.67. The molecule has 1 aromatic rings. The van der Waals surface area contributed by atoms with Gasteiger partial charge in [-0.15, -0.1) is 0 Å². The number of carbonyl (C=O) groups excluding carboxylic acids is 2. The zero-order chi connectivity index (χ0) is 13.0. The van der Waals surface area contributed by atoms with Crippen molar-refractivity contribution in [1.29, 1.82) is 0 Å². The summed E-state index contributed by atoms with van der Waals surface area (Å²) in [4.78, 5) is 23.1. The van der Waals surface area contributed by atoms with E-state index in [1.165, 1.54) is 0 Å². The molecule has 0 saturated carbocycles. The Morgan fingerprint density at radius 1 is 1.44 bits per heavy atom. The zero-order valence-electron chi connectivity index (χ0n) is 10.1. The Bertz CT molecular complexity index is 441. The number of rotatable bonds is 4. The molecule has 5 heteroatoms. The van der Waals surface area contributed by atoms with Crippen molar-refractivity contribution >= 4 is 11.9 Å². The fraction of sp³-hybridized carbons (Fsp3) is 0.385. The van der Waals surface area contributed by atoms with Crippen molar-refractivity contribution in [2.75, 3.05) is 13.2 Å². The number of benzene rings is 1. The summed E-state index contributed by atoms with van der Waals surface area (Å²) in [5.74, 6) is 0.0745. The van der Waals surface area contributed by atoms with Crippen LogP contribution in [0.2, 0.25) is 0 Å². The summed E-state index contributed by atoms with van der Waals surface area (Å²) in [5.41, 5.74) is 0.498. The summed E-state index contributed by atoms with van der Waals surface area (Å²) in [6, 6.07) is 6.27. The summed E-state index contributed by atoms with van der Waals surface area (Å²) in [6.07, 6.45) is 0.529. The lowest BCUT2D eigenvalue weighted by atomic mass is 10.1. The van der Waals surface area contributed by atoms with Gasteiger partial charge in [0.05, 0.1) is 13.2 Å². The smallest absolute Gasteiger partial charge is 0.328 e. The average Bonchev–Trinajstić information content (AvgIpc) is 2.76. The van der Waals surface area contributed by atoms with Crippen LogP contribution in [-0.2, 0) is 9.53 Å². The second kappa shape index (κ2) is 5.53. The molecule has 2 rings (SSSR count). The van der Waals surface area contributed by atoms with Crippen LogP contribution in [0, 0.1) is 0 Å². The number of nitrogens with one attached hydrogen (secondary N) is 1. The van der Waals surface area contributed by atoms with E-state index in [9.17, 15) is 9.59 Å². The molecule has 0 unspecified atom stereocenters. The Hall–Kier alpha value is -2.04. The molecule has 1 atom stereocenters. The second-order valence-corrected chi connectivity index (χ2v) is 3.94. The molecule has 1 aromatic carbocycles. The highest BCUT2D eigenvalue weighted by Crippen LogP contribution is 2.13. The summed E-state index contributed by atoms with van der Waals surface area (Å²) in [6.45, 7) is 2.85. The number of ether oxygens (including phenoxy) is 2. The van der Waals surface area contributed by atoms with Crippen molar-refractivity contribution in [1.82, 2.24) is 5.32 Å². The maximum absolute atomic E-state index is 11.9. The molecule has 5 nitrogen and oxygen atoms in total. The quantitative estimate of drug-likeness (QED) is 0.812. The second-order valence-electron chi connectivity index (χ2n) is 3.94. The lowest BCUT2D eigenvalue weighted by Gasteiger charge is -2.09. The number of esters is 1. The maximum atomic E-state index is 11.9. The van der Waals surface area contributed by atoms with Crippen LogP contribution in [0.1, 0.15) is 23.7 Å². The molecule has 96 valence electrons. The van der Waals surface area contributed by atoms with Gasteiger partial charge < -0.3 is 14.8 Å². The molecule has 1 aliphatic heterocycles. The predicted molar refractivity (Wildman–Crippen MR) is 64.4 cm³/mol. The summed E-state index contributed by atoms with van der Waals surface area (Å²) in [5, 5.41) is 2.64. The van der Waals surface area contributed by atoms with Gasteiger partial charge in [0.25, 0.3) is 5.91 Å². The number of amides is 1. The maximum Gasteiger partial charge on any atom is 0.328 e. The molecule has 0 aliphatic carbocycles. The van der Waals surface area contributed by atoms with Crippen molar-refractivity contribution in [2.45, 2.75) is 19.4 Å². The summed E-state index contributed by atoms with van der Waals surface area (Å²) >= 11 is 0. The first-order valence-corrected chi connectivity index (χ1v) is 5.91. The summed E-state index contributed by atoms with van der Waals surface area (Å²) < 4.78 is 10.1. The van der Waals surface area contributed by atoms with E-state index < -0.39 is 6.04 Å². The minimum atomic E-state index is -0.524. The zero-order valence-corrected chi connectivity index (χ0v) is 10.1. The van der Waals surface area contributed by atoms with Gasteiger partial charge in [0, 0.05) is 12.0 Å². The predicted octanol–water partition coefficient (Wildman–Crippen LogP) is 1.13. The Morgan fingerprint density at radius 3 is 2.72 bits per heavy atom. The van der Waals surface area contributed by atoms with Crippen molar-refractivity contribution in [2.24, 2.45) is 0 Å². The minimum absolute atomic E-state index is 0.276. The molecule has 1 heterocycles. The molecule has 18 heavy (non-hydrogen) atoms. The first kappa shape index (κ1) is 12.4. The number of hydrogen-bond donors (Lipinski definition) is 1. The van der Waals surface area contributed by atoms with Crippen molar-refractivity contribution in [3.8, 4) is 5.75 Å². The van der Waals surface area contributed by atoms with Crippen LogP contribution < -0.4 is 10.1 Å². The standard InChI is InChI=1S/C13H15NO4/c1-2-17-10-5-3-9(4-6-10)12(15)14-11-7-8-18-13(11)16/h3-6,11H,2,7-8H2,1H3,(H,14,15)/t11-/m0/s1. The molecular formula is C13H15NO4. The first-order chi connectivity index (χ1) is 8.70. The van der Waals surface area contributed by atoms with E-state index in [4.69, 9.17) is 9.47 Å². The van der Waals surface area contributed by atoms with Crippen molar-refractivity contribution in [3.05, 3.63) is 29.8 Å². The van der Waals surface area contributed by atoms with Gasteiger partial charge in [0.2, 0.25) is 0 Å². The topological polar surface area (TPSA) is 64.6 Å². The molecule has 1 aliphatic rings. The van der Waals surface area contributed by atoms with E-state index in [2.05, 4.69) is 5.32 Å². The normalized spacial score (nSPS) is 18.3. The molecule has 0 radical (unpaired) electrons. The van der Waals surface area contributed by atoms with Gasteiger partial charge in [-0.2, -0.15) is 0 Å². The van der Waals surface area contributed by atoms with Crippen LogP contribution in [0.25, 0.3) is 0 Å². The van der Waals surface area contributed by atoms with E-state index >= 15 is 0 Å². The van der Waals surface area contributed by atoms with Gasteiger partial charge in [-0.05, 0) is 31.2 Å². The summed E-state index contributed by atoms with van der Waals surface area (Å²) in [7, 11) is 0. The SMILES string of the molecule is CCOc1ccc(C(=O)N[C@H]2CCOC2=O)cc1. The van der Waals surface area contributed by atoms with Crippen LogP contribution in [-0.4, -0.2) is 31.1 Å². The molecule has 0 aromatic heterocycles. The monoisotopic (exact) mass is 249 g/mol. The third-order valence-corrected chi connectivity index (χ3v) is 2.67. The fourth-order valence-corrected chi connectivity index (χ4v) is 1.74. The van der Waals surface area contributed by atoms with Gasteiger partial charge in [-0.25, -0.2) is 4.79 Å². The Labute approximate surface area is 105 Å². The van der Waals surface area contributed by atoms with Gasteiger partial charge >= 0.3 is 5.97 Å². The van der Waals surface area contributed by atoms with E-state index in [1.54, 1.807) is 24.3 Å². The van der Waals surface area contributed by atoms with Gasteiger partial charge in [-0.1, -0.05) is 0 Å². The molecule has 1 N–H and O–H groups in total. The highest BCUT2D eigenvalue weighted by atomic mass is 16.5. The van der Waals surface area contributed by atoms with Crippen LogP contribution in [0.15, 0.2) is 24.3 Å². The van der Waals surface area contributed by atoms with E-state index in [-0.39, 0.29) is 11.9 Å². The van der Waals surface area contributed by atoms with E-state index in [1.807, 2.05) is 6.92 Å². The van der Waals surface area contributed by atoms with Gasteiger partial charge in [0.15, 0.2) is 0 Å². The molecule has 1 saturated heterocycles. The van der Waals surface area contributed by atoms with Crippen LogP contribution in [0.4, 0.5) is 0 Å². The van der Waals surface area contributed by atoms with Crippen LogP contribution in [0.3, 0.4) is 0 Å². The highest BCUT2D eigenvalue weighted by Gasteiger charge is 2.28. The Balaban J connectivity index is 1.98. The lowest BCUT2D eigenvalue weighted by Crippen LogP contribution is -2.37. The van der Waals surface area contributed by atoms with Gasteiger partial charge in [0.1, 0.15) is 11.8 Å². The molecule has 1 fully saturated rings. The number of cyclic esters (lactones) is 1. The number of hydrogen-bond acceptors (Lipinski definition) is 4. The fourth-order valence-electron chi connectivity index (χ4n) is 1.74.